The first kappa shape index (κ1) is 18.3. The van der Waals surface area contributed by atoms with Crippen LogP contribution in [0.5, 0.6) is 0 Å². The van der Waals surface area contributed by atoms with Crippen molar-refractivity contribution in [2.45, 2.75) is 59.4 Å². The van der Waals surface area contributed by atoms with Gasteiger partial charge in [0.25, 0.3) is 0 Å². The van der Waals surface area contributed by atoms with Crippen LogP contribution in [0.3, 0.4) is 0 Å². The quantitative estimate of drug-likeness (QED) is 0.573. The maximum Gasteiger partial charge on any atom is 0.334 e. The Labute approximate surface area is 116 Å². The molecule has 0 bridgehead atoms. The van der Waals surface area contributed by atoms with E-state index in [1.54, 1.807) is 0 Å². The molecule has 0 atom stereocenters. The number of rotatable bonds is 10. The molecule has 0 aromatic rings. The Hall–Kier alpha value is 0.314. The van der Waals surface area contributed by atoms with Crippen LogP contribution in [-0.2, 0) is 8.85 Å². The summed E-state index contributed by atoms with van der Waals surface area (Å²) in [6, 6.07) is 1.11. The van der Waals surface area contributed by atoms with E-state index in [1.165, 1.54) is 13.0 Å². The molecule has 0 fully saturated rings. The molecule has 0 aliphatic carbocycles. The molecule has 5 heteroatoms. The van der Waals surface area contributed by atoms with Crippen molar-refractivity contribution < 1.29 is 8.85 Å². The lowest BCUT2D eigenvalue weighted by Crippen LogP contribution is -2.47. The summed E-state index contributed by atoms with van der Waals surface area (Å²) in [5.41, 5.74) is 0. The van der Waals surface area contributed by atoms with Crippen LogP contribution in [0.2, 0.25) is 32.2 Å². The summed E-state index contributed by atoms with van der Waals surface area (Å²) in [5, 5.41) is 0. The molecule has 0 amide bonds. The van der Waals surface area contributed by atoms with Crippen LogP contribution >= 0.6 is 0 Å². The van der Waals surface area contributed by atoms with Gasteiger partial charge in [0.15, 0.2) is 0 Å². The van der Waals surface area contributed by atoms with E-state index in [1.807, 2.05) is 0 Å². The van der Waals surface area contributed by atoms with Gasteiger partial charge in [-0.15, -0.1) is 0 Å². The second-order valence-corrected chi connectivity index (χ2v) is 14.2. The highest BCUT2D eigenvalue weighted by atomic mass is 28.4. The van der Waals surface area contributed by atoms with Crippen LogP contribution in [0, 0.1) is 0 Å². The summed E-state index contributed by atoms with van der Waals surface area (Å²) in [6.45, 7) is 19.7. The van der Waals surface area contributed by atoms with Crippen molar-refractivity contribution >= 4 is 16.8 Å². The van der Waals surface area contributed by atoms with Gasteiger partial charge in [-0.1, -0.05) is 26.6 Å². The molecule has 0 aromatic carbocycles. The van der Waals surface area contributed by atoms with Crippen molar-refractivity contribution in [3.05, 3.63) is 0 Å². The lowest BCUT2D eigenvalue weighted by atomic mass is 10.5. The molecular weight excluding hydrogens is 258 g/mol. The van der Waals surface area contributed by atoms with Crippen LogP contribution in [0.25, 0.3) is 0 Å². The Morgan fingerprint density at radius 1 is 0.889 bits per heavy atom. The Kier molecular flexibility index (Phi) is 8.63. The Balaban J connectivity index is 4.20. The van der Waals surface area contributed by atoms with E-state index in [-0.39, 0.29) is 0 Å². The molecular formula is C13H33NO2Si2. The molecule has 0 aliphatic rings. The zero-order valence-corrected chi connectivity index (χ0v) is 15.5. The number of hydrogen-bond acceptors (Lipinski definition) is 3. The zero-order chi connectivity index (χ0) is 14.2. The van der Waals surface area contributed by atoms with Crippen LogP contribution in [0.4, 0.5) is 0 Å². The molecule has 0 heterocycles. The summed E-state index contributed by atoms with van der Waals surface area (Å²) in [5.74, 6) is 0. The normalized spacial score (nSPS) is 13.3. The number of hydrogen-bond donors (Lipinski definition) is 0. The van der Waals surface area contributed by atoms with Crippen LogP contribution < -0.4 is 0 Å². The third kappa shape index (κ3) is 7.04. The minimum absolute atomic E-state index is 0.772. The fraction of sp³-hybridized carbons (Fsp3) is 1.00. The van der Waals surface area contributed by atoms with E-state index in [0.717, 1.165) is 25.8 Å². The first-order valence-corrected chi connectivity index (χ1v) is 13.3. The summed E-state index contributed by atoms with van der Waals surface area (Å²) >= 11 is 0. The first-order chi connectivity index (χ1) is 8.29. The second-order valence-electron chi connectivity index (χ2n) is 5.85. The van der Waals surface area contributed by atoms with Crippen molar-refractivity contribution in [1.29, 1.82) is 0 Å². The standard InChI is InChI=1S/C13H33NO2Si2/c1-8-14(17(4,5)6)12-11-13-18(7,15-9-2)16-10-3/h8-13H2,1-7H3. The molecule has 0 aliphatic heterocycles. The minimum Gasteiger partial charge on any atom is -0.395 e. The van der Waals surface area contributed by atoms with Gasteiger partial charge in [-0.05, 0) is 45.9 Å². The maximum absolute atomic E-state index is 5.88. The predicted octanol–water partition coefficient (Wildman–Crippen LogP) is 3.68. The molecule has 0 rings (SSSR count). The van der Waals surface area contributed by atoms with Crippen molar-refractivity contribution in [1.82, 2.24) is 4.57 Å². The first-order valence-electron chi connectivity index (χ1n) is 7.32. The summed E-state index contributed by atoms with van der Waals surface area (Å²) in [4.78, 5) is 0. The smallest absolute Gasteiger partial charge is 0.334 e. The van der Waals surface area contributed by atoms with Gasteiger partial charge in [-0.25, -0.2) is 0 Å². The third-order valence-corrected chi connectivity index (χ3v) is 8.79. The van der Waals surface area contributed by atoms with E-state index in [9.17, 15) is 0 Å². The fourth-order valence-electron chi connectivity index (χ4n) is 2.36. The minimum atomic E-state index is -1.90. The van der Waals surface area contributed by atoms with Crippen molar-refractivity contribution in [3.63, 3.8) is 0 Å². The predicted molar refractivity (Wildman–Crippen MR) is 84.9 cm³/mol. The molecule has 0 spiro atoms. The topological polar surface area (TPSA) is 21.7 Å². The van der Waals surface area contributed by atoms with E-state index < -0.39 is 16.8 Å². The van der Waals surface area contributed by atoms with Gasteiger partial charge in [-0.3, -0.25) is 0 Å². The number of nitrogens with zero attached hydrogens (tertiary/aromatic N) is 1. The summed E-state index contributed by atoms with van der Waals surface area (Å²) in [7, 11) is -3.05. The lowest BCUT2D eigenvalue weighted by molar-refractivity contribution is 0.187. The van der Waals surface area contributed by atoms with Crippen molar-refractivity contribution in [2.24, 2.45) is 0 Å². The van der Waals surface area contributed by atoms with Crippen LogP contribution in [0.1, 0.15) is 27.2 Å². The van der Waals surface area contributed by atoms with Gasteiger partial charge < -0.3 is 13.4 Å². The van der Waals surface area contributed by atoms with E-state index in [2.05, 4.69) is 51.5 Å². The SMILES string of the molecule is CCO[Si](C)(CCCN(CC)[Si](C)(C)C)OCC. The Morgan fingerprint density at radius 2 is 1.39 bits per heavy atom. The molecule has 0 radical (unpaired) electrons. The van der Waals surface area contributed by atoms with Crippen LogP contribution in [-0.4, -0.2) is 47.7 Å². The third-order valence-electron chi connectivity index (χ3n) is 3.29. The fourth-order valence-corrected chi connectivity index (χ4v) is 6.53. The van der Waals surface area contributed by atoms with Crippen molar-refractivity contribution in [3.8, 4) is 0 Å². The molecule has 3 nitrogen and oxygen atoms in total. The highest BCUT2D eigenvalue weighted by molar-refractivity contribution is 6.73. The zero-order valence-electron chi connectivity index (χ0n) is 13.5. The highest BCUT2D eigenvalue weighted by Gasteiger charge is 2.31. The molecule has 0 aromatic heterocycles. The van der Waals surface area contributed by atoms with Gasteiger partial charge >= 0.3 is 8.56 Å². The van der Waals surface area contributed by atoms with Gasteiger partial charge in [0.1, 0.15) is 8.24 Å². The average Bonchev–Trinajstić information content (AvgIpc) is 2.23. The maximum atomic E-state index is 5.88. The molecule has 0 unspecified atom stereocenters. The van der Waals surface area contributed by atoms with Gasteiger partial charge in [-0.2, -0.15) is 0 Å². The molecule has 18 heavy (non-hydrogen) atoms. The monoisotopic (exact) mass is 291 g/mol. The Morgan fingerprint density at radius 3 is 1.72 bits per heavy atom. The van der Waals surface area contributed by atoms with Gasteiger partial charge in [0.05, 0.1) is 0 Å². The summed E-state index contributed by atoms with van der Waals surface area (Å²) in [6.07, 6.45) is 1.20. The van der Waals surface area contributed by atoms with E-state index in [0.29, 0.717) is 0 Å². The molecule has 0 saturated heterocycles. The van der Waals surface area contributed by atoms with E-state index >= 15 is 0 Å². The van der Waals surface area contributed by atoms with Gasteiger partial charge in [0.2, 0.25) is 0 Å². The highest BCUT2D eigenvalue weighted by Crippen LogP contribution is 2.18. The Bertz CT molecular complexity index is 214. The largest absolute Gasteiger partial charge is 0.395 e. The van der Waals surface area contributed by atoms with Gasteiger partial charge in [0, 0.05) is 13.2 Å². The molecule has 0 saturated carbocycles. The van der Waals surface area contributed by atoms with Crippen LogP contribution in [0.15, 0.2) is 0 Å². The second kappa shape index (κ2) is 8.48. The molecule has 0 N–H and O–H groups in total. The van der Waals surface area contributed by atoms with E-state index in [4.69, 9.17) is 8.85 Å². The molecule has 110 valence electrons. The average molecular weight is 292 g/mol. The lowest BCUT2D eigenvalue weighted by Gasteiger charge is -2.34. The van der Waals surface area contributed by atoms with Crippen molar-refractivity contribution in [2.75, 3.05) is 26.3 Å². The summed E-state index contributed by atoms with van der Waals surface area (Å²) < 4.78 is 14.4.